The van der Waals surface area contributed by atoms with Gasteiger partial charge in [-0.15, -0.1) is 0 Å². The molecule has 0 saturated heterocycles. The highest BCUT2D eigenvalue weighted by atomic mass is 19.3. The highest BCUT2D eigenvalue weighted by Crippen LogP contribution is 2.29. The molecule has 8 heteroatoms. The Hall–Kier alpha value is -4.46. The Labute approximate surface area is 200 Å². The number of aromatic hydroxyl groups is 1. The lowest BCUT2D eigenvalue weighted by Gasteiger charge is -2.12. The number of halogens is 2. The summed E-state index contributed by atoms with van der Waals surface area (Å²) in [5.41, 5.74) is 5.06. The lowest BCUT2D eigenvalue weighted by atomic mass is 10.0. The fraction of sp³-hybridized carbons (Fsp3) is 0.111. The number of hydrazone groups is 1. The molecule has 2 N–H and O–H groups in total. The van der Waals surface area contributed by atoms with Crippen LogP contribution in [0.4, 0.5) is 8.78 Å². The standard InChI is InChI=1S/C27H22F2N2O4/c1-17-14-19(8-12-24(17)32)26(33)31-30-15-20-9-13-25(23-5-3-2-4-22(20)23)34-16-18-6-10-21(11-7-18)35-27(28)29/h2-15,27,32H,16H2,1H3,(H,31,33)/b30-15+. The molecule has 0 radical (unpaired) electrons. The largest absolute Gasteiger partial charge is 0.508 e. The van der Waals surface area contributed by atoms with Crippen LogP contribution in [-0.4, -0.2) is 23.8 Å². The maximum Gasteiger partial charge on any atom is 0.387 e. The number of aryl methyl sites for hydroxylation is 1. The van der Waals surface area contributed by atoms with Gasteiger partial charge in [0, 0.05) is 16.5 Å². The molecule has 0 spiro atoms. The monoisotopic (exact) mass is 476 g/mol. The van der Waals surface area contributed by atoms with Crippen LogP contribution in [-0.2, 0) is 6.61 Å². The van der Waals surface area contributed by atoms with E-state index >= 15 is 0 Å². The van der Waals surface area contributed by atoms with Gasteiger partial charge in [0.05, 0.1) is 6.21 Å². The summed E-state index contributed by atoms with van der Waals surface area (Å²) in [5, 5.41) is 15.4. The van der Waals surface area contributed by atoms with Crippen LogP contribution in [0.2, 0.25) is 0 Å². The van der Waals surface area contributed by atoms with Crippen molar-refractivity contribution in [2.45, 2.75) is 20.1 Å². The fourth-order valence-electron chi connectivity index (χ4n) is 3.48. The summed E-state index contributed by atoms with van der Waals surface area (Å²) in [4.78, 5) is 12.3. The second-order valence-corrected chi connectivity index (χ2v) is 7.71. The van der Waals surface area contributed by atoms with Crippen LogP contribution in [0, 0.1) is 6.92 Å². The Bertz CT molecular complexity index is 1370. The zero-order chi connectivity index (χ0) is 24.8. The molecule has 4 aromatic carbocycles. The van der Waals surface area contributed by atoms with Crippen molar-refractivity contribution in [1.29, 1.82) is 0 Å². The molecule has 0 bridgehead atoms. The van der Waals surface area contributed by atoms with Gasteiger partial charge in [-0.3, -0.25) is 4.79 Å². The van der Waals surface area contributed by atoms with Gasteiger partial charge in [0.25, 0.3) is 5.91 Å². The zero-order valence-electron chi connectivity index (χ0n) is 18.7. The molecule has 1 amide bonds. The molecule has 4 aromatic rings. The number of benzene rings is 4. The predicted molar refractivity (Wildman–Crippen MR) is 129 cm³/mol. The van der Waals surface area contributed by atoms with Gasteiger partial charge in [-0.05, 0) is 65.9 Å². The molecule has 0 saturated carbocycles. The minimum Gasteiger partial charge on any atom is -0.508 e. The first-order chi connectivity index (χ1) is 16.9. The maximum absolute atomic E-state index is 12.3. The number of carbonyl (C=O) groups is 1. The van der Waals surface area contributed by atoms with E-state index in [0.29, 0.717) is 16.9 Å². The van der Waals surface area contributed by atoms with E-state index in [1.807, 2.05) is 36.4 Å². The summed E-state index contributed by atoms with van der Waals surface area (Å²) in [5.74, 6) is 0.468. The van der Waals surface area contributed by atoms with Crippen molar-refractivity contribution in [3.8, 4) is 17.2 Å². The maximum atomic E-state index is 12.3. The van der Waals surface area contributed by atoms with Crippen molar-refractivity contribution in [2.75, 3.05) is 0 Å². The summed E-state index contributed by atoms with van der Waals surface area (Å²) in [6.45, 7) is -0.910. The van der Waals surface area contributed by atoms with Gasteiger partial charge in [-0.2, -0.15) is 13.9 Å². The van der Waals surface area contributed by atoms with Crippen molar-refractivity contribution >= 4 is 22.9 Å². The second-order valence-electron chi connectivity index (χ2n) is 7.71. The topological polar surface area (TPSA) is 80.2 Å². The van der Waals surface area contributed by atoms with Crippen molar-refractivity contribution in [2.24, 2.45) is 5.10 Å². The van der Waals surface area contributed by atoms with Gasteiger partial charge in [-0.1, -0.05) is 36.4 Å². The zero-order valence-corrected chi connectivity index (χ0v) is 18.7. The van der Waals surface area contributed by atoms with E-state index in [9.17, 15) is 18.7 Å². The number of fused-ring (bicyclic) bond motifs is 1. The van der Waals surface area contributed by atoms with Gasteiger partial charge in [-0.25, -0.2) is 5.43 Å². The van der Waals surface area contributed by atoms with Crippen LogP contribution < -0.4 is 14.9 Å². The molecular weight excluding hydrogens is 454 g/mol. The van der Waals surface area contributed by atoms with Crippen LogP contribution in [0.15, 0.2) is 84.0 Å². The average Bonchev–Trinajstić information content (AvgIpc) is 2.85. The molecule has 0 aliphatic rings. The number of hydrogen-bond acceptors (Lipinski definition) is 5. The number of alkyl halides is 2. The Morgan fingerprint density at radius 2 is 1.77 bits per heavy atom. The Balaban J connectivity index is 1.46. The van der Waals surface area contributed by atoms with Gasteiger partial charge in [0.15, 0.2) is 0 Å². The number of ether oxygens (including phenoxy) is 2. The first-order valence-electron chi connectivity index (χ1n) is 10.7. The van der Waals surface area contributed by atoms with Crippen molar-refractivity contribution in [3.05, 3.63) is 101 Å². The molecule has 35 heavy (non-hydrogen) atoms. The molecule has 4 rings (SSSR count). The van der Waals surface area contributed by atoms with E-state index in [1.54, 1.807) is 31.3 Å². The van der Waals surface area contributed by atoms with E-state index in [1.165, 1.54) is 24.3 Å². The van der Waals surface area contributed by atoms with E-state index in [4.69, 9.17) is 4.74 Å². The molecule has 0 aliphatic heterocycles. The van der Waals surface area contributed by atoms with Crippen LogP contribution in [0.1, 0.15) is 27.0 Å². The number of nitrogens with zero attached hydrogens (tertiary/aromatic N) is 1. The number of carbonyl (C=O) groups excluding carboxylic acids is 1. The first-order valence-corrected chi connectivity index (χ1v) is 10.7. The Kier molecular flexibility index (Phi) is 7.21. The number of amides is 1. The average molecular weight is 476 g/mol. The minimum atomic E-state index is -2.86. The molecule has 0 atom stereocenters. The van der Waals surface area contributed by atoms with Gasteiger partial charge in [0.1, 0.15) is 23.9 Å². The minimum absolute atomic E-state index is 0.0884. The predicted octanol–water partition coefficient (Wildman–Crippen LogP) is 5.80. The fourth-order valence-corrected chi connectivity index (χ4v) is 3.48. The Morgan fingerprint density at radius 1 is 1.03 bits per heavy atom. The molecule has 6 nitrogen and oxygen atoms in total. The van der Waals surface area contributed by atoms with Crippen LogP contribution in [0.25, 0.3) is 10.8 Å². The number of nitrogens with one attached hydrogen (secondary N) is 1. The molecule has 178 valence electrons. The second kappa shape index (κ2) is 10.6. The van der Waals surface area contributed by atoms with Crippen LogP contribution >= 0.6 is 0 Å². The number of phenols is 1. The third-order valence-electron chi connectivity index (χ3n) is 5.29. The SMILES string of the molecule is Cc1cc(C(=O)N/N=C/c2ccc(OCc3ccc(OC(F)F)cc3)c3ccccc23)ccc1O. The lowest BCUT2D eigenvalue weighted by molar-refractivity contribution is -0.0498. The van der Waals surface area contributed by atoms with Crippen molar-refractivity contribution in [3.63, 3.8) is 0 Å². The van der Waals surface area contributed by atoms with Crippen LogP contribution in [0.5, 0.6) is 17.2 Å². The summed E-state index contributed by atoms with van der Waals surface area (Å²) in [7, 11) is 0. The van der Waals surface area contributed by atoms with Crippen molar-refractivity contribution < 1.29 is 28.2 Å². The molecule has 0 fully saturated rings. The summed E-state index contributed by atoms with van der Waals surface area (Å²) < 4.78 is 35.0. The molecule has 0 heterocycles. The highest BCUT2D eigenvalue weighted by molar-refractivity contribution is 6.03. The van der Waals surface area contributed by atoms with Crippen molar-refractivity contribution in [1.82, 2.24) is 5.43 Å². The Morgan fingerprint density at radius 3 is 2.49 bits per heavy atom. The van der Waals surface area contributed by atoms with Gasteiger partial charge in [0.2, 0.25) is 0 Å². The van der Waals surface area contributed by atoms with E-state index < -0.39 is 12.5 Å². The van der Waals surface area contributed by atoms with E-state index in [0.717, 1.165) is 21.9 Å². The number of phenolic OH excluding ortho intramolecular Hbond substituents is 1. The molecule has 0 aliphatic carbocycles. The third-order valence-corrected chi connectivity index (χ3v) is 5.29. The summed E-state index contributed by atoms with van der Waals surface area (Å²) >= 11 is 0. The van der Waals surface area contributed by atoms with E-state index in [2.05, 4.69) is 15.3 Å². The number of rotatable bonds is 8. The molecule has 0 aromatic heterocycles. The normalized spacial score (nSPS) is 11.2. The quantitative estimate of drug-likeness (QED) is 0.249. The molecular formula is C27H22F2N2O4. The van der Waals surface area contributed by atoms with Gasteiger partial charge >= 0.3 is 6.61 Å². The van der Waals surface area contributed by atoms with Crippen LogP contribution in [0.3, 0.4) is 0 Å². The smallest absolute Gasteiger partial charge is 0.387 e. The first kappa shape index (κ1) is 23.7. The molecule has 0 unspecified atom stereocenters. The summed E-state index contributed by atoms with van der Waals surface area (Å²) in [6.07, 6.45) is 1.55. The lowest BCUT2D eigenvalue weighted by Crippen LogP contribution is -2.17. The number of hydrogen-bond donors (Lipinski definition) is 2. The van der Waals surface area contributed by atoms with Gasteiger partial charge < -0.3 is 14.6 Å². The summed E-state index contributed by atoms with van der Waals surface area (Å²) in [6, 6.07) is 22.1. The highest BCUT2D eigenvalue weighted by Gasteiger charge is 2.09. The van der Waals surface area contributed by atoms with E-state index in [-0.39, 0.29) is 18.1 Å². The third kappa shape index (κ3) is 5.92.